The fourth-order valence-electron chi connectivity index (χ4n) is 2.23. The maximum absolute atomic E-state index is 13.1. The number of carbonyl (C=O) groups is 1. The summed E-state index contributed by atoms with van der Waals surface area (Å²) in [5, 5.41) is 8.87. The molecule has 1 aromatic heterocycles. The Morgan fingerprint density at radius 2 is 2.44 bits per heavy atom. The zero-order valence-electron chi connectivity index (χ0n) is 9.97. The van der Waals surface area contributed by atoms with Crippen molar-refractivity contribution in [3.63, 3.8) is 0 Å². The molecular weight excluding hydrogens is 237 g/mol. The van der Waals surface area contributed by atoms with Crippen LogP contribution in [0.4, 0.5) is 10.2 Å². The van der Waals surface area contributed by atoms with E-state index in [0.717, 1.165) is 18.7 Å². The van der Waals surface area contributed by atoms with E-state index in [9.17, 15) is 9.18 Å². The van der Waals surface area contributed by atoms with E-state index < -0.39 is 5.82 Å². The van der Waals surface area contributed by atoms with Crippen LogP contribution in [0.25, 0.3) is 0 Å². The van der Waals surface area contributed by atoms with Crippen molar-refractivity contribution in [3.05, 3.63) is 23.6 Å². The molecule has 1 saturated heterocycles. The summed E-state index contributed by atoms with van der Waals surface area (Å²) in [7, 11) is 0. The van der Waals surface area contributed by atoms with Crippen LogP contribution >= 0.6 is 0 Å². The number of nitrogens with two attached hydrogens (primary N) is 1. The number of halogens is 1. The van der Waals surface area contributed by atoms with Gasteiger partial charge in [0.15, 0.2) is 0 Å². The molecular formula is C12H16FN3O2. The third-order valence-electron chi connectivity index (χ3n) is 3.23. The van der Waals surface area contributed by atoms with E-state index in [0.29, 0.717) is 25.4 Å². The molecule has 0 radical (unpaired) electrons. The molecule has 6 heteroatoms. The molecule has 5 nitrogen and oxygen atoms in total. The number of pyridine rings is 1. The fourth-order valence-corrected chi connectivity index (χ4v) is 2.23. The first kappa shape index (κ1) is 12.8. The van der Waals surface area contributed by atoms with E-state index in [1.807, 2.05) is 0 Å². The number of hydrogen-bond acceptors (Lipinski definition) is 4. The zero-order valence-corrected chi connectivity index (χ0v) is 9.97. The Kier molecular flexibility index (Phi) is 3.76. The highest BCUT2D eigenvalue weighted by atomic mass is 19.1. The molecule has 0 aromatic carbocycles. The van der Waals surface area contributed by atoms with Crippen molar-refractivity contribution in [2.75, 3.05) is 25.4 Å². The number of anilines is 1. The molecule has 1 aliphatic rings. The Morgan fingerprint density at radius 3 is 3.17 bits per heavy atom. The molecule has 3 N–H and O–H groups in total. The summed E-state index contributed by atoms with van der Waals surface area (Å²) in [5.41, 5.74) is 5.70. The normalized spacial score (nSPS) is 19.2. The van der Waals surface area contributed by atoms with Gasteiger partial charge in [-0.05, 0) is 24.8 Å². The standard InChI is InChI=1S/C12H16FN3O2/c13-9-5-10(11(14)15-6-9)12(18)16-3-1-8(7-16)2-4-17/h5-6,8,17H,1-4,7H2,(H2,14,15). The molecule has 1 unspecified atom stereocenters. The summed E-state index contributed by atoms with van der Waals surface area (Å²) >= 11 is 0. The number of aromatic nitrogens is 1. The number of hydrogen-bond donors (Lipinski definition) is 2. The molecule has 0 saturated carbocycles. The van der Waals surface area contributed by atoms with Gasteiger partial charge < -0.3 is 15.7 Å². The Hall–Kier alpha value is -1.69. The minimum Gasteiger partial charge on any atom is -0.396 e. The first-order chi connectivity index (χ1) is 8.61. The number of likely N-dealkylation sites (tertiary alicyclic amines) is 1. The molecule has 98 valence electrons. The van der Waals surface area contributed by atoms with E-state index in [4.69, 9.17) is 10.8 Å². The van der Waals surface area contributed by atoms with Crippen molar-refractivity contribution < 1.29 is 14.3 Å². The Labute approximate surface area is 104 Å². The summed E-state index contributed by atoms with van der Waals surface area (Å²) in [6.45, 7) is 1.31. The Morgan fingerprint density at radius 1 is 1.67 bits per heavy atom. The van der Waals surface area contributed by atoms with Gasteiger partial charge in [-0.3, -0.25) is 4.79 Å². The van der Waals surface area contributed by atoms with Gasteiger partial charge in [-0.15, -0.1) is 0 Å². The van der Waals surface area contributed by atoms with Gasteiger partial charge >= 0.3 is 0 Å². The molecule has 1 fully saturated rings. The Balaban J connectivity index is 2.10. The van der Waals surface area contributed by atoms with Gasteiger partial charge in [0.2, 0.25) is 0 Å². The predicted octanol–water partition coefficient (Wildman–Crippen LogP) is 0.647. The van der Waals surface area contributed by atoms with Gasteiger partial charge in [0.05, 0.1) is 11.8 Å². The van der Waals surface area contributed by atoms with Crippen LogP contribution in [0.15, 0.2) is 12.3 Å². The molecule has 18 heavy (non-hydrogen) atoms. The van der Waals surface area contributed by atoms with Crippen LogP contribution in [0, 0.1) is 11.7 Å². The average molecular weight is 253 g/mol. The molecule has 0 spiro atoms. The van der Waals surface area contributed by atoms with Crippen molar-refractivity contribution in [2.24, 2.45) is 5.92 Å². The van der Waals surface area contributed by atoms with Crippen molar-refractivity contribution in [1.82, 2.24) is 9.88 Å². The average Bonchev–Trinajstić information content (AvgIpc) is 2.80. The lowest BCUT2D eigenvalue weighted by Gasteiger charge is -2.17. The fraction of sp³-hybridized carbons (Fsp3) is 0.500. The number of nitrogen functional groups attached to an aromatic ring is 1. The van der Waals surface area contributed by atoms with Gasteiger partial charge in [0.1, 0.15) is 11.6 Å². The lowest BCUT2D eigenvalue weighted by molar-refractivity contribution is 0.0785. The third-order valence-corrected chi connectivity index (χ3v) is 3.23. The number of rotatable bonds is 3. The minimum absolute atomic E-state index is 0.0482. The number of nitrogens with zero attached hydrogens (tertiary/aromatic N) is 2. The van der Waals surface area contributed by atoms with Crippen LogP contribution in [0.2, 0.25) is 0 Å². The largest absolute Gasteiger partial charge is 0.396 e. The highest BCUT2D eigenvalue weighted by molar-refractivity contribution is 5.98. The van der Waals surface area contributed by atoms with Crippen LogP contribution in [0.3, 0.4) is 0 Å². The van der Waals surface area contributed by atoms with Crippen molar-refractivity contribution in [3.8, 4) is 0 Å². The van der Waals surface area contributed by atoms with E-state index in [2.05, 4.69) is 4.98 Å². The smallest absolute Gasteiger partial charge is 0.257 e. The van der Waals surface area contributed by atoms with E-state index in [-0.39, 0.29) is 23.9 Å². The second-order valence-corrected chi connectivity index (χ2v) is 4.50. The summed E-state index contributed by atoms with van der Waals surface area (Å²) in [5.74, 6) is -0.507. The number of aliphatic hydroxyl groups is 1. The van der Waals surface area contributed by atoms with Gasteiger partial charge in [-0.2, -0.15) is 0 Å². The van der Waals surface area contributed by atoms with Gasteiger partial charge in [0.25, 0.3) is 5.91 Å². The SMILES string of the molecule is Nc1ncc(F)cc1C(=O)N1CCC(CCO)C1. The summed E-state index contributed by atoms with van der Waals surface area (Å²) < 4.78 is 13.1. The first-order valence-electron chi connectivity index (χ1n) is 5.93. The molecule has 1 atom stereocenters. The quantitative estimate of drug-likeness (QED) is 0.828. The molecule has 0 bridgehead atoms. The topological polar surface area (TPSA) is 79.5 Å². The Bertz CT molecular complexity index is 453. The van der Waals surface area contributed by atoms with Gasteiger partial charge in [-0.25, -0.2) is 9.37 Å². The second-order valence-electron chi connectivity index (χ2n) is 4.50. The maximum Gasteiger partial charge on any atom is 0.257 e. The summed E-state index contributed by atoms with van der Waals surface area (Å²) in [6.07, 6.45) is 2.53. The van der Waals surface area contributed by atoms with Gasteiger partial charge in [-0.1, -0.05) is 0 Å². The van der Waals surface area contributed by atoms with Crippen LogP contribution in [0.1, 0.15) is 23.2 Å². The lowest BCUT2D eigenvalue weighted by Crippen LogP contribution is -2.29. The zero-order chi connectivity index (χ0) is 13.1. The molecule has 0 aliphatic carbocycles. The van der Waals surface area contributed by atoms with Crippen molar-refractivity contribution in [2.45, 2.75) is 12.8 Å². The summed E-state index contributed by atoms with van der Waals surface area (Å²) in [4.78, 5) is 17.4. The number of carbonyl (C=O) groups excluding carboxylic acids is 1. The lowest BCUT2D eigenvalue weighted by atomic mass is 10.1. The molecule has 2 heterocycles. The predicted molar refractivity (Wildman–Crippen MR) is 64.3 cm³/mol. The van der Waals surface area contributed by atoms with Gasteiger partial charge in [0, 0.05) is 19.7 Å². The van der Waals surface area contributed by atoms with Crippen LogP contribution < -0.4 is 5.73 Å². The second kappa shape index (κ2) is 5.30. The van der Waals surface area contributed by atoms with Crippen molar-refractivity contribution >= 4 is 11.7 Å². The first-order valence-corrected chi connectivity index (χ1v) is 5.93. The molecule has 1 aliphatic heterocycles. The number of amides is 1. The van der Waals surface area contributed by atoms with E-state index >= 15 is 0 Å². The molecule has 1 aromatic rings. The maximum atomic E-state index is 13.1. The highest BCUT2D eigenvalue weighted by Gasteiger charge is 2.27. The monoisotopic (exact) mass is 253 g/mol. The number of aliphatic hydroxyl groups excluding tert-OH is 1. The van der Waals surface area contributed by atoms with Crippen LogP contribution in [-0.4, -0.2) is 40.6 Å². The van der Waals surface area contributed by atoms with Crippen LogP contribution in [0.5, 0.6) is 0 Å². The van der Waals surface area contributed by atoms with E-state index in [1.54, 1.807) is 4.90 Å². The molecule has 1 amide bonds. The van der Waals surface area contributed by atoms with E-state index in [1.165, 1.54) is 0 Å². The van der Waals surface area contributed by atoms with Crippen molar-refractivity contribution in [1.29, 1.82) is 0 Å². The van der Waals surface area contributed by atoms with Crippen LogP contribution in [-0.2, 0) is 0 Å². The minimum atomic E-state index is -0.571. The third kappa shape index (κ3) is 2.59. The highest BCUT2D eigenvalue weighted by Crippen LogP contribution is 2.22. The summed E-state index contributed by atoms with van der Waals surface area (Å²) in [6, 6.07) is 1.12. The molecule has 2 rings (SSSR count).